The van der Waals surface area contributed by atoms with Crippen LogP contribution in [0.5, 0.6) is 0 Å². The first-order valence-electron chi connectivity index (χ1n) is 6.46. The standard InChI is InChI=1S/C14H19N3O2/c1-17(9-11-5-3-2-4-6-11)10-13(18)16-14(19)15-12-7-8-12/h2-6,12H,7-10H2,1H3,(H2,15,16,18,19). The molecule has 1 saturated carbocycles. The van der Waals surface area contributed by atoms with Crippen LogP contribution in [0.1, 0.15) is 18.4 Å². The van der Waals surface area contributed by atoms with Crippen molar-refractivity contribution in [2.24, 2.45) is 0 Å². The number of likely N-dealkylation sites (N-methyl/N-ethyl adjacent to an activating group) is 1. The molecule has 1 aliphatic carbocycles. The number of rotatable bonds is 5. The predicted octanol–water partition coefficient (Wildman–Crippen LogP) is 1.11. The number of nitrogens with zero attached hydrogens (tertiary/aromatic N) is 1. The molecule has 3 amide bonds. The fourth-order valence-electron chi connectivity index (χ4n) is 1.81. The highest BCUT2D eigenvalue weighted by Crippen LogP contribution is 2.18. The Kier molecular flexibility index (Phi) is 4.52. The van der Waals surface area contributed by atoms with E-state index >= 15 is 0 Å². The number of imide groups is 1. The molecule has 1 aliphatic rings. The van der Waals surface area contributed by atoms with Gasteiger partial charge in [-0.3, -0.25) is 15.0 Å². The molecule has 1 aromatic carbocycles. The Labute approximate surface area is 113 Å². The molecule has 1 aromatic rings. The molecule has 0 atom stereocenters. The number of nitrogens with one attached hydrogen (secondary N) is 2. The van der Waals surface area contributed by atoms with Gasteiger partial charge in [-0.25, -0.2) is 4.79 Å². The van der Waals surface area contributed by atoms with E-state index in [2.05, 4.69) is 10.6 Å². The van der Waals surface area contributed by atoms with Crippen LogP contribution >= 0.6 is 0 Å². The summed E-state index contributed by atoms with van der Waals surface area (Å²) >= 11 is 0. The first kappa shape index (κ1) is 13.5. The van der Waals surface area contributed by atoms with Crippen LogP contribution in [0.2, 0.25) is 0 Å². The molecule has 0 aromatic heterocycles. The van der Waals surface area contributed by atoms with Crippen LogP contribution in [0.15, 0.2) is 30.3 Å². The number of hydrogen-bond donors (Lipinski definition) is 2. The summed E-state index contributed by atoms with van der Waals surface area (Å²) in [4.78, 5) is 24.9. The monoisotopic (exact) mass is 261 g/mol. The van der Waals surface area contributed by atoms with Crippen LogP contribution in [0.25, 0.3) is 0 Å². The van der Waals surface area contributed by atoms with E-state index in [0.29, 0.717) is 6.54 Å². The molecule has 0 aliphatic heterocycles. The minimum absolute atomic E-state index is 0.201. The Hall–Kier alpha value is -1.88. The van der Waals surface area contributed by atoms with Gasteiger partial charge in [-0.15, -0.1) is 0 Å². The van der Waals surface area contributed by atoms with Crippen molar-refractivity contribution in [2.75, 3.05) is 13.6 Å². The van der Waals surface area contributed by atoms with Crippen LogP contribution in [0.4, 0.5) is 4.79 Å². The molecule has 102 valence electrons. The zero-order chi connectivity index (χ0) is 13.7. The maximum atomic E-state index is 11.6. The van der Waals surface area contributed by atoms with Gasteiger partial charge < -0.3 is 5.32 Å². The lowest BCUT2D eigenvalue weighted by Crippen LogP contribution is -2.44. The van der Waals surface area contributed by atoms with Gasteiger partial charge in [-0.1, -0.05) is 30.3 Å². The molecule has 0 heterocycles. The van der Waals surface area contributed by atoms with Gasteiger partial charge in [-0.05, 0) is 25.5 Å². The third-order valence-electron chi connectivity index (χ3n) is 2.87. The van der Waals surface area contributed by atoms with E-state index in [9.17, 15) is 9.59 Å². The summed E-state index contributed by atoms with van der Waals surface area (Å²) in [5, 5.41) is 5.06. The van der Waals surface area contributed by atoms with Gasteiger partial charge in [0.1, 0.15) is 0 Å². The molecule has 0 unspecified atom stereocenters. The molecule has 0 radical (unpaired) electrons. The lowest BCUT2D eigenvalue weighted by atomic mass is 10.2. The lowest BCUT2D eigenvalue weighted by molar-refractivity contribution is -0.120. The van der Waals surface area contributed by atoms with Crippen molar-refractivity contribution in [1.29, 1.82) is 0 Å². The van der Waals surface area contributed by atoms with E-state index in [1.807, 2.05) is 42.3 Å². The number of carbonyl (C=O) groups is 2. The summed E-state index contributed by atoms with van der Waals surface area (Å²) < 4.78 is 0. The van der Waals surface area contributed by atoms with Gasteiger partial charge in [0.15, 0.2) is 0 Å². The topological polar surface area (TPSA) is 61.4 Å². The molecule has 0 bridgehead atoms. The Bertz CT molecular complexity index is 443. The van der Waals surface area contributed by atoms with Crippen molar-refractivity contribution in [3.05, 3.63) is 35.9 Å². The molecule has 19 heavy (non-hydrogen) atoms. The first-order chi connectivity index (χ1) is 9.13. The maximum Gasteiger partial charge on any atom is 0.321 e. The van der Waals surface area contributed by atoms with E-state index in [1.54, 1.807) is 0 Å². The second-order valence-electron chi connectivity index (χ2n) is 4.95. The molecule has 5 heteroatoms. The minimum Gasteiger partial charge on any atom is -0.335 e. The number of amides is 3. The van der Waals surface area contributed by atoms with Gasteiger partial charge >= 0.3 is 6.03 Å². The quantitative estimate of drug-likeness (QED) is 0.834. The molecular formula is C14H19N3O2. The average molecular weight is 261 g/mol. The van der Waals surface area contributed by atoms with E-state index in [4.69, 9.17) is 0 Å². The summed E-state index contributed by atoms with van der Waals surface area (Å²) in [6.45, 7) is 0.880. The molecular weight excluding hydrogens is 242 g/mol. The van der Waals surface area contributed by atoms with Crippen molar-refractivity contribution in [3.8, 4) is 0 Å². The number of carbonyl (C=O) groups excluding carboxylic acids is 2. The fourth-order valence-corrected chi connectivity index (χ4v) is 1.81. The van der Waals surface area contributed by atoms with E-state index in [1.165, 1.54) is 0 Å². The Morgan fingerprint density at radius 3 is 2.58 bits per heavy atom. The van der Waals surface area contributed by atoms with E-state index in [-0.39, 0.29) is 24.5 Å². The van der Waals surface area contributed by atoms with Crippen molar-refractivity contribution in [2.45, 2.75) is 25.4 Å². The van der Waals surface area contributed by atoms with Crippen LogP contribution in [-0.4, -0.2) is 36.5 Å². The SMILES string of the molecule is CN(CC(=O)NC(=O)NC1CC1)Cc1ccccc1. The highest BCUT2D eigenvalue weighted by atomic mass is 16.2. The van der Waals surface area contributed by atoms with E-state index in [0.717, 1.165) is 18.4 Å². The van der Waals surface area contributed by atoms with Crippen LogP contribution in [-0.2, 0) is 11.3 Å². The normalized spacial score (nSPS) is 14.2. The molecule has 2 rings (SSSR count). The second kappa shape index (κ2) is 6.33. The molecule has 0 spiro atoms. The maximum absolute atomic E-state index is 11.6. The highest BCUT2D eigenvalue weighted by molar-refractivity contribution is 5.95. The van der Waals surface area contributed by atoms with Crippen molar-refractivity contribution < 1.29 is 9.59 Å². The zero-order valence-electron chi connectivity index (χ0n) is 11.1. The zero-order valence-corrected chi connectivity index (χ0v) is 11.1. The van der Waals surface area contributed by atoms with Crippen LogP contribution in [0, 0.1) is 0 Å². The van der Waals surface area contributed by atoms with Crippen LogP contribution in [0.3, 0.4) is 0 Å². The van der Waals surface area contributed by atoms with Crippen molar-refractivity contribution in [3.63, 3.8) is 0 Å². The minimum atomic E-state index is -0.388. The van der Waals surface area contributed by atoms with Gasteiger partial charge in [0.2, 0.25) is 5.91 Å². The predicted molar refractivity (Wildman–Crippen MR) is 72.5 cm³/mol. The lowest BCUT2D eigenvalue weighted by Gasteiger charge is -2.16. The average Bonchev–Trinajstić information content (AvgIpc) is 3.13. The third kappa shape index (κ3) is 5.09. The van der Waals surface area contributed by atoms with E-state index < -0.39 is 0 Å². The Morgan fingerprint density at radius 1 is 1.26 bits per heavy atom. The molecule has 0 saturated heterocycles. The Morgan fingerprint density at radius 2 is 1.95 bits per heavy atom. The summed E-state index contributed by atoms with van der Waals surface area (Å²) in [6, 6.07) is 9.77. The molecule has 5 nitrogen and oxygen atoms in total. The second-order valence-corrected chi connectivity index (χ2v) is 4.95. The first-order valence-corrected chi connectivity index (χ1v) is 6.46. The van der Waals surface area contributed by atoms with Crippen molar-refractivity contribution >= 4 is 11.9 Å². The van der Waals surface area contributed by atoms with Gasteiger partial charge in [-0.2, -0.15) is 0 Å². The number of benzene rings is 1. The van der Waals surface area contributed by atoms with Gasteiger partial charge in [0.05, 0.1) is 6.54 Å². The number of hydrogen-bond acceptors (Lipinski definition) is 3. The summed E-state index contributed by atoms with van der Waals surface area (Å²) in [5.41, 5.74) is 1.14. The fraction of sp³-hybridized carbons (Fsp3) is 0.429. The summed E-state index contributed by atoms with van der Waals surface area (Å²) in [7, 11) is 1.85. The van der Waals surface area contributed by atoms with Crippen molar-refractivity contribution in [1.82, 2.24) is 15.5 Å². The van der Waals surface area contributed by atoms with Gasteiger partial charge in [0.25, 0.3) is 0 Å². The summed E-state index contributed by atoms with van der Waals surface area (Å²) in [5.74, 6) is -0.281. The third-order valence-corrected chi connectivity index (χ3v) is 2.87. The summed E-state index contributed by atoms with van der Waals surface area (Å²) in [6.07, 6.45) is 2.02. The smallest absolute Gasteiger partial charge is 0.321 e. The molecule has 2 N–H and O–H groups in total. The van der Waals surface area contributed by atoms with Crippen LogP contribution < -0.4 is 10.6 Å². The number of urea groups is 1. The largest absolute Gasteiger partial charge is 0.335 e. The highest BCUT2D eigenvalue weighted by Gasteiger charge is 2.23. The Balaban J connectivity index is 1.70. The molecule has 1 fully saturated rings. The van der Waals surface area contributed by atoms with Gasteiger partial charge in [0, 0.05) is 12.6 Å².